The highest BCUT2D eigenvalue weighted by Gasteiger charge is 2.37. The Labute approximate surface area is 75.6 Å². The number of carbonyl (C=O) groups is 1. The van der Waals surface area contributed by atoms with E-state index in [-0.39, 0.29) is 5.91 Å². The number of nitrogens with zero attached hydrogens (tertiary/aromatic N) is 1. The lowest BCUT2D eigenvalue weighted by Gasteiger charge is -2.21. The Morgan fingerprint density at radius 1 is 1.62 bits per heavy atom. The smallest absolute Gasteiger partial charge is 0.222 e. The molecule has 0 bridgehead atoms. The van der Waals surface area contributed by atoms with Gasteiger partial charge in [0.2, 0.25) is 5.91 Å². The molecule has 1 atom stereocenters. The first-order chi connectivity index (χ1) is 6.21. The van der Waals surface area contributed by atoms with Crippen molar-refractivity contribution in [2.75, 3.05) is 0 Å². The number of aromatic nitrogens is 1. The van der Waals surface area contributed by atoms with Gasteiger partial charge in [0.25, 0.3) is 0 Å². The van der Waals surface area contributed by atoms with Crippen LogP contribution in [0.25, 0.3) is 0 Å². The van der Waals surface area contributed by atoms with Gasteiger partial charge in [-0.15, -0.1) is 0 Å². The van der Waals surface area contributed by atoms with E-state index in [2.05, 4.69) is 10.3 Å². The molecule has 2 rings (SSSR count). The molecule has 2 heterocycles. The van der Waals surface area contributed by atoms with Gasteiger partial charge in [-0.3, -0.25) is 9.78 Å². The van der Waals surface area contributed by atoms with Gasteiger partial charge in [-0.2, -0.15) is 0 Å². The van der Waals surface area contributed by atoms with Gasteiger partial charge in [0.15, 0.2) is 5.72 Å². The molecule has 1 saturated heterocycles. The normalized spacial score (nSPS) is 27.3. The Balaban J connectivity index is 2.31. The van der Waals surface area contributed by atoms with Crippen molar-refractivity contribution in [1.82, 2.24) is 10.3 Å². The van der Waals surface area contributed by atoms with Gasteiger partial charge in [-0.05, 0) is 6.07 Å². The molecule has 0 unspecified atom stereocenters. The molecule has 0 spiro atoms. The summed E-state index contributed by atoms with van der Waals surface area (Å²) in [7, 11) is 0. The predicted molar refractivity (Wildman–Crippen MR) is 45.5 cm³/mol. The number of rotatable bonds is 1. The van der Waals surface area contributed by atoms with Crippen LogP contribution < -0.4 is 5.32 Å². The Kier molecular flexibility index (Phi) is 1.77. The summed E-state index contributed by atoms with van der Waals surface area (Å²) in [6.07, 6.45) is 3.97. The summed E-state index contributed by atoms with van der Waals surface area (Å²) < 4.78 is 0. The van der Waals surface area contributed by atoms with Crippen LogP contribution in [0.3, 0.4) is 0 Å². The lowest BCUT2D eigenvalue weighted by molar-refractivity contribution is -0.122. The van der Waals surface area contributed by atoms with Crippen LogP contribution in [-0.4, -0.2) is 16.0 Å². The predicted octanol–water partition coefficient (Wildman–Crippen LogP) is 0.137. The number of nitrogens with one attached hydrogen (secondary N) is 1. The van der Waals surface area contributed by atoms with Gasteiger partial charge in [0.05, 0.1) is 0 Å². The van der Waals surface area contributed by atoms with Gasteiger partial charge in [0, 0.05) is 30.8 Å². The van der Waals surface area contributed by atoms with Crippen molar-refractivity contribution in [3.8, 4) is 0 Å². The fourth-order valence-electron chi connectivity index (χ4n) is 1.47. The summed E-state index contributed by atoms with van der Waals surface area (Å²) in [6, 6.07) is 3.48. The SMILES string of the molecule is O=C1CC[14C@@](O)(c2cccnc2)N1. The minimum absolute atomic E-state index is 0.119. The van der Waals surface area contributed by atoms with Crippen LogP contribution in [0.4, 0.5) is 0 Å². The molecule has 1 amide bonds. The van der Waals surface area contributed by atoms with E-state index < -0.39 is 5.72 Å². The van der Waals surface area contributed by atoms with Crippen LogP contribution in [0.15, 0.2) is 24.5 Å². The van der Waals surface area contributed by atoms with Crippen molar-refractivity contribution >= 4 is 5.91 Å². The van der Waals surface area contributed by atoms with E-state index in [4.69, 9.17) is 0 Å². The summed E-state index contributed by atoms with van der Waals surface area (Å²) >= 11 is 0. The maximum Gasteiger partial charge on any atom is 0.222 e. The number of aliphatic hydroxyl groups is 1. The summed E-state index contributed by atoms with van der Waals surface area (Å²) in [5, 5.41) is 12.5. The van der Waals surface area contributed by atoms with Gasteiger partial charge < -0.3 is 10.4 Å². The van der Waals surface area contributed by atoms with Crippen LogP contribution in [-0.2, 0) is 10.5 Å². The molecule has 13 heavy (non-hydrogen) atoms. The second-order valence-corrected chi connectivity index (χ2v) is 3.15. The molecule has 4 nitrogen and oxygen atoms in total. The Morgan fingerprint density at radius 2 is 2.46 bits per heavy atom. The van der Waals surface area contributed by atoms with E-state index in [0.29, 0.717) is 18.4 Å². The highest BCUT2D eigenvalue weighted by atomic mass is 16.6. The molecule has 68 valence electrons. The summed E-state index contributed by atoms with van der Waals surface area (Å²) in [5.41, 5.74) is -0.563. The topological polar surface area (TPSA) is 62.2 Å². The second-order valence-electron chi connectivity index (χ2n) is 3.15. The molecule has 1 aliphatic rings. The van der Waals surface area contributed by atoms with Crippen molar-refractivity contribution in [1.29, 1.82) is 0 Å². The first-order valence-corrected chi connectivity index (χ1v) is 4.15. The maximum atomic E-state index is 10.9. The molecule has 2 N–H and O–H groups in total. The highest BCUT2D eigenvalue weighted by Crippen LogP contribution is 2.27. The second kappa shape index (κ2) is 2.81. The summed E-state index contributed by atoms with van der Waals surface area (Å²) in [5.74, 6) is -0.119. The van der Waals surface area contributed by atoms with Crippen LogP contribution in [0.5, 0.6) is 0 Å². The first kappa shape index (κ1) is 8.19. The highest BCUT2D eigenvalue weighted by molar-refractivity contribution is 5.79. The van der Waals surface area contributed by atoms with Crippen molar-refractivity contribution < 1.29 is 9.90 Å². The van der Waals surface area contributed by atoms with Crippen LogP contribution >= 0.6 is 0 Å². The zero-order valence-corrected chi connectivity index (χ0v) is 7.03. The average Bonchev–Trinajstić information content (AvgIpc) is 2.49. The number of hydrogen-bond acceptors (Lipinski definition) is 3. The third-order valence-corrected chi connectivity index (χ3v) is 2.20. The lowest BCUT2D eigenvalue weighted by Crippen LogP contribution is -2.38. The zero-order chi connectivity index (χ0) is 9.31. The number of amides is 1. The van der Waals surface area contributed by atoms with Crippen LogP contribution in [0, 0.1) is 0 Å². The third-order valence-electron chi connectivity index (χ3n) is 2.20. The van der Waals surface area contributed by atoms with E-state index in [1.165, 1.54) is 0 Å². The monoisotopic (exact) mass is 180 g/mol. The van der Waals surface area contributed by atoms with Crippen molar-refractivity contribution in [3.05, 3.63) is 30.1 Å². The molecule has 1 aliphatic heterocycles. The standard InChI is InChI=1S/C9H10N2O2/c12-8-3-4-9(13,11-8)7-2-1-5-10-6-7/h1-2,5-6,13H,3-4H2,(H,11,12)/t9-/m1/s1/i9+2. The van der Waals surface area contributed by atoms with E-state index in [1.807, 2.05) is 0 Å². The fraction of sp³-hybridized carbons (Fsp3) is 0.333. The lowest BCUT2D eigenvalue weighted by atomic mass is 10.4. The van der Waals surface area contributed by atoms with E-state index >= 15 is 0 Å². The van der Waals surface area contributed by atoms with E-state index in [9.17, 15) is 9.90 Å². The zero-order valence-electron chi connectivity index (χ0n) is 7.03. The van der Waals surface area contributed by atoms with E-state index in [1.54, 1.807) is 24.5 Å². The third kappa shape index (κ3) is 1.40. The van der Waals surface area contributed by atoms with E-state index in [0.717, 1.165) is 0 Å². The molecule has 0 radical (unpaired) electrons. The molecule has 1 aromatic rings. The number of pyridine rings is 1. The van der Waals surface area contributed by atoms with Gasteiger partial charge >= 0.3 is 0 Å². The van der Waals surface area contributed by atoms with Crippen molar-refractivity contribution in [3.63, 3.8) is 0 Å². The molecule has 1 fully saturated rings. The number of carbonyl (C=O) groups excluding carboxylic acids is 1. The quantitative estimate of drug-likeness (QED) is 0.646. The largest absolute Gasteiger partial charge is 0.367 e. The first-order valence-electron chi connectivity index (χ1n) is 4.15. The summed E-state index contributed by atoms with van der Waals surface area (Å²) in [4.78, 5) is 14.8. The summed E-state index contributed by atoms with van der Waals surface area (Å²) in [6.45, 7) is 0. The number of hydrogen-bond donors (Lipinski definition) is 2. The maximum absolute atomic E-state index is 10.9. The Hall–Kier alpha value is -1.42. The minimum atomic E-state index is -1.20. The molecule has 1 aromatic heterocycles. The van der Waals surface area contributed by atoms with Gasteiger partial charge in [-0.1, -0.05) is 6.07 Å². The molecular formula is C9H10N2O2. The molecule has 4 heteroatoms. The average molecular weight is 180 g/mol. The Bertz CT molecular complexity index is 326. The minimum Gasteiger partial charge on any atom is -0.367 e. The molecule has 0 saturated carbocycles. The van der Waals surface area contributed by atoms with Crippen molar-refractivity contribution in [2.45, 2.75) is 18.6 Å². The molecular weight excluding hydrogens is 170 g/mol. The fourth-order valence-corrected chi connectivity index (χ4v) is 1.47. The van der Waals surface area contributed by atoms with Crippen LogP contribution in [0.2, 0.25) is 0 Å². The molecule has 0 aromatic carbocycles. The van der Waals surface area contributed by atoms with Crippen LogP contribution in [0.1, 0.15) is 18.4 Å². The Morgan fingerprint density at radius 3 is 3.00 bits per heavy atom. The molecule has 0 aliphatic carbocycles. The van der Waals surface area contributed by atoms with Crippen molar-refractivity contribution in [2.24, 2.45) is 0 Å². The van der Waals surface area contributed by atoms with Gasteiger partial charge in [0.1, 0.15) is 0 Å². The van der Waals surface area contributed by atoms with Gasteiger partial charge in [-0.25, -0.2) is 0 Å².